The minimum Gasteiger partial charge on any atom is -0.259 e. The zero-order chi connectivity index (χ0) is 6.01. The third kappa shape index (κ3) is 0.418. The van der Waals surface area contributed by atoms with E-state index >= 15 is 0 Å². The molecular formula is C7H10OS. The topological polar surface area (TPSA) is 17.1 Å². The van der Waals surface area contributed by atoms with Gasteiger partial charge in [0.15, 0.2) is 0 Å². The van der Waals surface area contributed by atoms with Crippen molar-refractivity contribution in [3.05, 3.63) is 0 Å². The molecule has 50 valence electrons. The van der Waals surface area contributed by atoms with Crippen LogP contribution in [0.5, 0.6) is 0 Å². The number of hydrogen-bond donors (Lipinski definition) is 0. The van der Waals surface area contributed by atoms with Crippen molar-refractivity contribution in [1.82, 2.24) is 0 Å². The summed E-state index contributed by atoms with van der Waals surface area (Å²) in [5.74, 6) is 1.78. The Bertz CT molecular complexity index is 171. The van der Waals surface area contributed by atoms with Gasteiger partial charge in [-0.25, -0.2) is 0 Å². The number of hydrogen-bond acceptors (Lipinski definition) is 1. The second kappa shape index (κ2) is 1.26. The van der Waals surface area contributed by atoms with Crippen LogP contribution < -0.4 is 0 Å². The Kier molecular flexibility index (Phi) is 0.687. The van der Waals surface area contributed by atoms with E-state index in [2.05, 4.69) is 0 Å². The molecule has 1 aliphatic heterocycles. The van der Waals surface area contributed by atoms with E-state index < -0.39 is 0 Å². The van der Waals surface area contributed by atoms with Crippen LogP contribution in [0.1, 0.15) is 19.3 Å². The highest BCUT2D eigenvalue weighted by atomic mass is 32.2. The maximum absolute atomic E-state index is 11.1. The second-order valence-corrected chi connectivity index (χ2v) is 5.34. The van der Waals surface area contributed by atoms with E-state index in [1.54, 1.807) is 0 Å². The fourth-order valence-corrected chi connectivity index (χ4v) is 5.07. The van der Waals surface area contributed by atoms with Gasteiger partial charge >= 0.3 is 0 Å². The second-order valence-electron chi connectivity index (χ2n) is 3.59. The lowest BCUT2D eigenvalue weighted by Crippen LogP contribution is -2.04. The predicted octanol–water partition coefficient (Wildman–Crippen LogP) is 0.916. The summed E-state index contributed by atoms with van der Waals surface area (Å²) in [6, 6.07) is 0. The van der Waals surface area contributed by atoms with Gasteiger partial charge in [-0.2, -0.15) is 0 Å². The van der Waals surface area contributed by atoms with Crippen LogP contribution in [0.3, 0.4) is 0 Å². The van der Waals surface area contributed by atoms with Crippen molar-refractivity contribution >= 4 is 10.8 Å². The minimum absolute atomic E-state index is 0.355. The van der Waals surface area contributed by atoms with Gasteiger partial charge in [-0.1, -0.05) is 0 Å². The quantitative estimate of drug-likeness (QED) is 0.460. The standard InChI is InChI=1S/C7H10OS/c8-9-6-4-1-2-5(3-4)7(6)9/h4-7H,1-3H2. The molecule has 4 unspecified atom stereocenters. The zero-order valence-corrected chi connectivity index (χ0v) is 6.06. The van der Waals surface area contributed by atoms with E-state index in [4.69, 9.17) is 0 Å². The van der Waals surface area contributed by atoms with Crippen LogP contribution in [0, 0.1) is 11.8 Å². The van der Waals surface area contributed by atoms with Gasteiger partial charge < -0.3 is 0 Å². The number of rotatable bonds is 0. The first kappa shape index (κ1) is 4.89. The molecule has 1 saturated heterocycles. The molecule has 0 aromatic heterocycles. The molecule has 0 spiro atoms. The smallest absolute Gasteiger partial charge is 0.0525 e. The molecule has 3 aliphatic rings. The summed E-state index contributed by atoms with van der Waals surface area (Å²) in [6.07, 6.45) is 4.19. The van der Waals surface area contributed by atoms with Gasteiger partial charge in [-0.3, -0.25) is 4.21 Å². The maximum Gasteiger partial charge on any atom is 0.0525 e. The Morgan fingerprint density at radius 2 is 1.67 bits per heavy atom. The molecule has 0 amide bonds. The minimum atomic E-state index is -0.355. The van der Waals surface area contributed by atoms with E-state index in [0.29, 0.717) is 10.5 Å². The lowest BCUT2D eigenvalue weighted by Gasteiger charge is -2.01. The molecule has 4 atom stereocenters. The lowest BCUT2D eigenvalue weighted by molar-refractivity contribution is 0.546. The molecule has 1 nitrogen and oxygen atoms in total. The van der Waals surface area contributed by atoms with Gasteiger partial charge in [0.25, 0.3) is 0 Å². The molecule has 9 heavy (non-hydrogen) atoms. The first-order valence-corrected chi connectivity index (χ1v) is 5.05. The number of fused-ring (bicyclic) bond motifs is 5. The zero-order valence-electron chi connectivity index (χ0n) is 5.25. The van der Waals surface area contributed by atoms with E-state index in [1.807, 2.05) is 0 Å². The Balaban J connectivity index is 2.04. The van der Waals surface area contributed by atoms with Crippen molar-refractivity contribution in [2.45, 2.75) is 29.8 Å². The molecule has 3 fully saturated rings. The highest BCUT2D eigenvalue weighted by molar-refractivity contribution is 7.94. The van der Waals surface area contributed by atoms with Crippen LogP contribution in [0.2, 0.25) is 0 Å². The maximum atomic E-state index is 11.1. The molecule has 1 heterocycles. The van der Waals surface area contributed by atoms with Crippen LogP contribution in [-0.4, -0.2) is 14.7 Å². The van der Waals surface area contributed by atoms with Gasteiger partial charge in [-0.15, -0.1) is 0 Å². The van der Waals surface area contributed by atoms with Gasteiger partial charge in [0.05, 0.1) is 10.5 Å². The average molecular weight is 142 g/mol. The monoisotopic (exact) mass is 142 g/mol. The highest BCUT2D eigenvalue weighted by Gasteiger charge is 2.64. The molecule has 2 saturated carbocycles. The summed E-state index contributed by atoms with van der Waals surface area (Å²) in [5, 5.41) is 1.37. The molecule has 0 aromatic rings. The first-order chi connectivity index (χ1) is 4.38. The summed E-state index contributed by atoms with van der Waals surface area (Å²) >= 11 is 0. The van der Waals surface area contributed by atoms with E-state index in [9.17, 15) is 4.21 Å². The molecule has 0 N–H and O–H groups in total. The first-order valence-electron chi connectivity index (χ1n) is 3.77. The Hall–Kier alpha value is 0.150. The van der Waals surface area contributed by atoms with Gasteiger partial charge in [-0.05, 0) is 31.1 Å². The third-order valence-electron chi connectivity index (χ3n) is 3.23. The molecule has 2 aliphatic carbocycles. The fraction of sp³-hybridized carbons (Fsp3) is 1.00. The summed E-state index contributed by atoms with van der Waals surface area (Å²) < 4.78 is 11.1. The van der Waals surface area contributed by atoms with Crippen molar-refractivity contribution < 1.29 is 4.21 Å². The largest absolute Gasteiger partial charge is 0.259 e. The van der Waals surface area contributed by atoms with Crippen molar-refractivity contribution in [3.8, 4) is 0 Å². The van der Waals surface area contributed by atoms with Gasteiger partial charge in [0, 0.05) is 10.8 Å². The van der Waals surface area contributed by atoms with Crippen LogP contribution >= 0.6 is 0 Å². The third-order valence-corrected chi connectivity index (χ3v) is 5.34. The van der Waals surface area contributed by atoms with Crippen molar-refractivity contribution in [3.63, 3.8) is 0 Å². The highest BCUT2D eigenvalue weighted by Crippen LogP contribution is 2.58. The Labute approximate surface area is 57.3 Å². The Morgan fingerprint density at radius 1 is 1.11 bits per heavy atom. The van der Waals surface area contributed by atoms with Crippen LogP contribution in [-0.2, 0) is 10.8 Å². The van der Waals surface area contributed by atoms with E-state index in [1.165, 1.54) is 19.3 Å². The van der Waals surface area contributed by atoms with Crippen LogP contribution in [0.15, 0.2) is 0 Å². The van der Waals surface area contributed by atoms with Gasteiger partial charge in [0.1, 0.15) is 0 Å². The average Bonchev–Trinajstić information content (AvgIpc) is 2.29. The molecule has 0 radical (unpaired) electrons. The van der Waals surface area contributed by atoms with Crippen molar-refractivity contribution in [2.75, 3.05) is 0 Å². The van der Waals surface area contributed by atoms with E-state index in [-0.39, 0.29) is 10.8 Å². The lowest BCUT2D eigenvalue weighted by atomic mass is 10.0. The van der Waals surface area contributed by atoms with Gasteiger partial charge in [0.2, 0.25) is 0 Å². The van der Waals surface area contributed by atoms with Crippen molar-refractivity contribution in [2.24, 2.45) is 11.8 Å². The SMILES string of the molecule is O=S1C2C3CCC(C3)C21. The fourth-order valence-electron chi connectivity index (χ4n) is 2.79. The van der Waals surface area contributed by atoms with Crippen LogP contribution in [0.25, 0.3) is 0 Å². The molecular weight excluding hydrogens is 132 g/mol. The van der Waals surface area contributed by atoms with E-state index in [0.717, 1.165) is 11.8 Å². The normalized spacial score (nSPS) is 68.2. The molecule has 0 aromatic carbocycles. The summed E-state index contributed by atoms with van der Waals surface area (Å²) in [4.78, 5) is 0. The molecule has 2 bridgehead atoms. The predicted molar refractivity (Wildman–Crippen MR) is 36.5 cm³/mol. The molecule has 2 heteroatoms. The Morgan fingerprint density at radius 3 is 2.11 bits per heavy atom. The summed E-state index contributed by atoms with van der Waals surface area (Å²) in [6.45, 7) is 0. The van der Waals surface area contributed by atoms with Crippen LogP contribution in [0.4, 0.5) is 0 Å². The summed E-state index contributed by atoms with van der Waals surface area (Å²) in [5.41, 5.74) is 0. The van der Waals surface area contributed by atoms with Crippen molar-refractivity contribution in [1.29, 1.82) is 0 Å². The molecule has 3 rings (SSSR count). The summed E-state index contributed by atoms with van der Waals surface area (Å²) in [7, 11) is -0.355.